The molecule has 0 aromatic carbocycles. The van der Waals surface area contributed by atoms with Gasteiger partial charge in [-0.15, -0.1) is 0 Å². The van der Waals surface area contributed by atoms with Gasteiger partial charge in [0.1, 0.15) is 5.82 Å². The van der Waals surface area contributed by atoms with E-state index in [9.17, 15) is 5.11 Å². The van der Waals surface area contributed by atoms with E-state index in [-0.39, 0.29) is 11.5 Å². The Hall–Kier alpha value is -0.870. The first-order chi connectivity index (χ1) is 8.42. The van der Waals surface area contributed by atoms with Gasteiger partial charge in [-0.25, -0.2) is 4.98 Å². The molecular weight excluding hydrogens is 226 g/mol. The Morgan fingerprint density at radius 1 is 1.44 bits per heavy atom. The Morgan fingerprint density at radius 3 is 2.78 bits per heavy atom. The smallest absolute Gasteiger partial charge is 0.122 e. The van der Waals surface area contributed by atoms with E-state index < -0.39 is 0 Å². The Labute approximate surface area is 110 Å². The SMILES string of the molecule is CCCn1ccnc1CNCC(O)CC(C)(C)C. The number of aliphatic hydroxyl groups excluding tert-OH is 1. The zero-order valence-corrected chi connectivity index (χ0v) is 12.1. The Bertz CT molecular complexity index is 341. The van der Waals surface area contributed by atoms with E-state index in [1.54, 1.807) is 0 Å². The van der Waals surface area contributed by atoms with Gasteiger partial charge in [0.15, 0.2) is 0 Å². The number of hydrogen-bond acceptors (Lipinski definition) is 3. The summed E-state index contributed by atoms with van der Waals surface area (Å²) in [7, 11) is 0. The molecule has 1 aromatic rings. The van der Waals surface area contributed by atoms with Gasteiger partial charge in [0.2, 0.25) is 0 Å². The lowest BCUT2D eigenvalue weighted by Crippen LogP contribution is -2.30. The number of hydrogen-bond donors (Lipinski definition) is 2. The number of aryl methyl sites for hydroxylation is 1. The van der Waals surface area contributed by atoms with Gasteiger partial charge in [-0.05, 0) is 18.3 Å². The normalized spacial score (nSPS) is 13.8. The molecule has 4 heteroatoms. The average molecular weight is 253 g/mol. The fraction of sp³-hybridized carbons (Fsp3) is 0.786. The zero-order chi connectivity index (χ0) is 13.6. The predicted molar refractivity (Wildman–Crippen MR) is 74.3 cm³/mol. The molecule has 0 amide bonds. The number of nitrogens with zero attached hydrogens (tertiary/aromatic N) is 2. The first-order valence-electron chi connectivity index (χ1n) is 6.81. The summed E-state index contributed by atoms with van der Waals surface area (Å²) >= 11 is 0. The van der Waals surface area contributed by atoms with E-state index in [2.05, 4.69) is 42.6 Å². The summed E-state index contributed by atoms with van der Waals surface area (Å²) in [5.41, 5.74) is 0.168. The minimum absolute atomic E-state index is 0.168. The van der Waals surface area contributed by atoms with Gasteiger partial charge in [-0.3, -0.25) is 0 Å². The Morgan fingerprint density at radius 2 is 2.17 bits per heavy atom. The highest BCUT2D eigenvalue weighted by Gasteiger charge is 2.16. The molecule has 1 rings (SSSR count). The molecule has 104 valence electrons. The predicted octanol–water partition coefficient (Wildman–Crippen LogP) is 2.18. The van der Waals surface area contributed by atoms with Crippen molar-refractivity contribution in [2.75, 3.05) is 6.54 Å². The molecule has 18 heavy (non-hydrogen) atoms. The van der Waals surface area contributed by atoms with Crippen molar-refractivity contribution in [2.45, 2.75) is 59.7 Å². The van der Waals surface area contributed by atoms with Crippen molar-refractivity contribution in [1.82, 2.24) is 14.9 Å². The van der Waals surface area contributed by atoms with Crippen LogP contribution in [0.5, 0.6) is 0 Å². The number of imidazole rings is 1. The quantitative estimate of drug-likeness (QED) is 0.783. The van der Waals surface area contributed by atoms with Crippen molar-refractivity contribution in [3.63, 3.8) is 0 Å². The molecule has 0 aliphatic heterocycles. The van der Waals surface area contributed by atoms with Gasteiger partial charge < -0.3 is 15.0 Å². The van der Waals surface area contributed by atoms with Crippen molar-refractivity contribution in [3.8, 4) is 0 Å². The minimum atomic E-state index is -0.292. The molecule has 1 unspecified atom stereocenters. The summed E-state index contributed by atoms with van der Waals surface area (Å²) in [6.07, 6.45) is 5.46. The van der Waals surface area contributed by atoms with Crippen LogP contribution in [0, 0.1) is 5.41 Å². The van der Waals surface area contributed by atoms with E-state index in [1.807, 2.05) is 12.4 Å². The molecule has 4 nitrogen and oxygen atoms in total. The maximum atomic E-state index is 9.90. The first kappa shape index (κ1) is 15.2. The molecule has 1 aromatic heterocycles. The van der Waals surface area contributed by atoms with Crippen LogP contribution in [0.2, 0.25) is 0 Å². The average Bonchev–Trinajstić information content (AvgIpc) is 2.64. The van der Waals surface area contributed by atoms with Crippen LogP contribution >= 0.6 is 0 Å². The summed E-state index contributed by atoms with van der Waals surface area (Å²) < 4.78 is 2.16. The second-order valence-corrected chi connectivity index (χ2v) is 6.09. The zero-order valence-electron chi connectivity index (χ0n) is 12.1. The van der Waals surface area contributed by atoms with Gasteiger partial charge >= 0.3 is 0 Å². The third-order valence-corrected chi connectivity index (χ3v) is 2.78. The van der Waals surface area contributed by atoms with Crippen LogP contribution in [0.3, 0.4) is 0 Å². The molecular formula is C14H27N3O. The number of rotatable bonds is 7. The Balaban J connectivity index is 2.30. The molecule has 0 aliphatic rings. The van der Waals surface area contributed by atoms with Gasteiger partial charge in [-0.1, -0.05) is 27.7 Å². The van der Waals surface area contributed by atoms with E-state index >= 15 is 0 Å². The highest BCUT2D eigenvalue weighted by molar-refractivity contribution is 4.91. The van der Waals surface area contributed by atoms with Crippen molar-refractivity contribution >= 4 is 0 Å². The lowest BCUT2D eigenvalue weighted by Gasteiger charge is -2.22. The monoisotopic (exact) mass is 253 g/mol. The van der Waals surface area contributed by atoms with Crippen LogP contribution in [0.4, 0.5) is 0 Å². The van der Waals surface area contributed by atoms with Gasteiger partial charge in [0.05, 0.1) is 12.6 Å². The molecule has 1 heterocycles. The van der Waals surface area contributed by atoms with Gasteiger partial charge in [0.25, 0.3) is 0 Å². The number of aliphatic hydroxyl groups is 1. The van der Waals surface area contributed by atoms with Crippen molar-refractivity contribution in [2.24, 2.45) is 5.41 Å². The minimum Gasteiger partial charge on any atom is -0.392 e. The Kier molecular flexibility index (Phi) is 5.82. The summed E-state index contributed by atoms with van der Waals surface area (Å²) in [5, 5.41) is 13.2. The summed E-state index contributed by atoms with van der Waals surface area (Å²) in [6, 6.07) is 0. The maximum absolute atomic E-state index is 9.90. The van der Waals surface area contributed by atoms with Crippen LogP contribution in [0.15, 0.2) is 12.4 Å². The molecule has 0 saturated carbocycles. The van der Waals surface area contributed by atoms with Crippen LogP contribution in [0.25, 0.3) is 0 Å². The van der Waals surface area contributed by atoms with E-state index in [0.717, 1.165) is 25.2 Å². The lowest BCUT2D eigenvalue weighted by molar-refractivity contribution is 0.119. The van der Waals surface area contributed by atoms with Crippen molar-refractivity contribution < 1.29 is 5.11 Å². The number of nitrogens with one attached hydrogen (secondary N) is 1. The van der Waals surface area contributed by atoms with Crippen LogP contribution in [-0.2, 0) is 13.1 Å². The summed E-state index contributed by atoms with van der Waals surface area (Å²) in [5.74, 6) is 1.04. The third-order valence-electron chi connectivity index (χ3n) is 2.78. The summed E-state index contributed by atoms with van der Waals surface area (Å²) in [6.45, 7) is 10.9. The van der Waals surface area contributed by atoms with Gasteiger partial charge in [-0.2, -0.15) is 0 Å². The second-order valence-electron chi connectivity index (χ2n) is 6.09. The molecule has 0 fully saturated rings. The standard InChI is InChI=1S/C14H27N3O/c1-5-7-17-8-6-16-13(17)11-15-10-12(18)9-14(2,3)4/h6,8,12,15,18H,5,7,9-11H2,1-4H3. The highest BCUT2D eigenvalue weighted by atomic mass is 16.3. The van der Waals surface area contributed by atoms with E-state index in [1.165, 1.54) is 0 Å². The topological polar surface area (TPSA) is 50.1 Å². The fourth-order valence-electron chi connectivity index (χ4n) is 2.08. The van der Waals surface area contributed by atoms with E-state index in [4.69, 9.17) is 0 Å². The lowest BCUT2D eigenvalue weighted by atomic mass is 9.89. The molecule has 2 N–H and O–H groups in total. The fourth-order valence-corrected chi connectivity index (χ4v) is 2.08. The largest absolute Gasteiger partial charge is 0.392 e. The van der Waals surface area contributed by atoms with Crippen LogP contribution in [0.1, 0.15) is 46.4 Å². The molecule has 0 bridgehead atoms. The first-order valence-corrected chi connectivity index (χ1v) is 6.81. The maximum Gasteiger partial charge on any atom is 0.122 e. The summed E-state index contributed by atoms with van der Waals surface area (Å²) in [4.78, 5) is 4.33. The number of aromatic nitrogens is 2. The van der Waals surface area contributed by atoms with Crippen LogP contribution < -0.4 is 5.32 Å². The molecule has 0 aliphatic carbocycles. The molecule has 0 radical (unpaired) electrons. The van der Waals surface area contributed by atoms with Gasteiger partial charge in [0, 0.05) is 25.5 Å². The van der Waals surface area contributed by atoms with Crippen molar-refractivity contribution in [1.29, 1.82) is 0 Å². The second kappa shape index (κ2) is 6.90. The molecule has 0 saturated heterocycles. The molecule has 1 atom stereocenters. The highest BCUT2D eigenvalue weighted by Crippen LogP contribution is 2.20. The van der Waals surface area contributed by atoms with E-state index in [0.29, 0.717) is 13.1 Å². The third kappa shape index (κ3) is 5.65. The van der Waals surface area contributed by atoms with Crippen LogP contribution in [-0.4, -0.2) is 27.3 Å². The van der Waals surface area contributed by atoms with Crippen molar-refractivity contribution in [3.05, 3.63) is 18.2 Å². The molecule has 0 spiro atoms.